The number of azo groups is 1. The van der Waals surface area contributed by atoms with Crippen LogP contribution >= 0.6 is 0 Å². The van der Waals surface area contributed by atoms with Crippen LogP contribution in [0.2, 0.25) is 0 Å². The van der Waals surface area contributed by atoms with Crippen LogP contribution in [0.15, 0.2) is 57.5 Å². The topological polar surface area (TPSA) is 126 Å². The van der Waals surface area contributed by atoms with Crippen LogP contribution in [0.3, 0.4) is 0 Å². The summed E-state index contributed by atoms with van der Waals surface area (Å²) in [7, 11) is 0. The summed E-state index contributed by atoms with van der Waals surface area (Å²) in [6, 6.07) is 11.9. The van der Waals surface area contributed by atoms with Gasteiger partial charge in [-0.3, -0.25) is 20.0 Å². The molecule has 0 saturated carbocycles. The summed E-state index contributed by atoms with van der Waals surface area (Å²) in [5.41, 5.74) is 0.525. The lowest BCUT2D eigenvalue weighted by atomic mass is 9.82. The molecule has 0 unspecified atom stereocenters. The van der Waals surface area contributed by atoms with Gasteiger partial charge in [-0.1, -0.05) is 39.0 Å². The van der Waals surface area contributed by atoms with E-state index < -0.39 is 21.9 Å². The molecule has 0 amide bonds. The molecule has 3 aromatic rings. The van der Waals surface area contributed by atoms with Crippen molar-refractivity contribution in [3.8, 4) is 11.4 Å². The third-order valence-corrected chi connectivity index (χ3v) is 5.24. The Morgan fingerprint density at radius 1 is 1.20 bits per heavy atom. The van der Waals surface area contributed by atoms with Crippen molar-refractivity contribution in [1.82, 2.24) is 9.78 Å². The zero-order valence-corrected chi connectivity index (χ0v) is 17.2. The van der Waals surface area contributed by atoms with E-state index in [2.05, 4.69) is 15.3 Å². The van der Waals surface area contributed by atoms with E-state index in [1.54, 1.807) is 37.3 Å². The molecular weight excluding hydrogens is 386 g/mol. The number of aromatic hydroxyl groups is 1. The van der Waals surface area contributed by atoms with E-state index in [0.29, 0.717) is 16.9 Å². The molecule has 0 bridgehead atoms. The van der Waals surface area contributed by atoms with Crippen LogP contribution in [-0.4, -0.2) is 19.8 Å². The Hall–Kier alpha value is -3.75. The number of hydrogen-bond donors (Lipinski definition) is 2. The molecule has 9 heteroatoms. The summed E-state index contributed by atoms with van der Waals surface area (Å²) in [5, 5.41) is 32.7. The van der Waals surface area contributed by atoms with Gasteiger partial charge in [0.15, 0.2) is 5.69 Å². The number of para-hydroxylation sites is 1. The van der Waals surface area contributed by atoms with E-state index in [-0.39, 0.29) is 16.8 Å². The summed E-state index contributed by atoms with van der Waals surface area (Å²) in [4.78, 5) is 23.5. The third kappa shape index (κ3) is 3.86. The molecule has 0 aliphatic heterocycles. The Morgan fingerprint density at radius 2 is 1.87 bits per heavy atom. The van der Waals surface area contributed by atoms with E-state index in [1.165, 1.54) is 10.7 Å². The standard InChI is InChI=1S/C21H23N5O4/c1-5-21(3,4)14-11-16(19(27)17(12-14)26(29)30)22-23-18-13(2)24-25(20(18)28)15-9-7-6-8-10-15/h6-12,24,27H,5H2,1-4H3. The fourth-order valence-electron chi connectivity index (χ4n) is 2.93. The number of nitrogens with zero attached hydrogens (tertiary/aromatic N) is 4. The Morgan fingerprint density at radius 3 is 2.47 bits per heavy atom. The number of phenolic OH excluding ortho intramolecular Hbond substituents is 1. The lowest BCUT2D eigenvalue weighted by molar-refractivity contribution is -0.385. The van der Waals surface area contributed by atoms with Gasteiger partial charge in [-0.05, 0) is 42.5 Å². The Labute approximate surface area is 172 Å². The Kier molecular flexibility index (Phi) is 5.55. The van der Waals surface area contributed by atoms with Crippen molar-refractivity contribution in [2.45, 2.75) is 39.5 Å². The number of H-pyrrole nitrogens is 1. The fraction of sp³-hybridized carbons (Fsp3) is 0.286. The number of aromatic nitrogens is 2. The first-order chi connectivity index (χ1) is 14.2. The van der Waals surface area contributed by atoms with Gasteiger partial charge < -0.3 is 5.11 Å². The van der Waals surface area contributed by atoms with Gasteiger partial charge in [0.25, 0.3) is 5.56 Å². The number of hydrogen-bond acceptors (Lipinski definition) is 6. The molecule has 9 nitrogen and oxygen atoms in total. The quantitative estimate of drug-likeness (QED) is 0.330. The Balaban J connectivity index is 2.10. The van der Waals surface area contributed by atoms with Crippen LogP contribution in [0.1, 0.15) is 38.4 Å². The summed E-state index contributed by atoms with van der Waals surface area (Å²) in [6.07, 6.45) is 0.726. The molecule has 0 saturated heterocycles. The van der Waals surface area contributed by atoms with Crippen LogP contribution in [0.5, 0.6) is 5.75 Å². The first kappa shape index (κ1) is 21.0. The van der Waals surface area contributed by atoms with Crippen LogP contribution in [0.25, 0.3) is 5.69 Å². The minimum atomic E-state index is -0.659. The van der Waals surface area contributed by atoms with Gasteiger partial charge in [0.05, 0.1) is 16.3 Å². The van der Waals surface area contributed by atoms with Gasteiger partial charge in [0, 0.05) is 6.07 Å². The molecule has 0 atom stereocenters. The predicted molar refractivity (Wildman–Crippen MR) is 113 cm³/mol. The van der Waals surface area contributed by atoms with Crippen molar-refractivity contribution in [1.29, 1.82) is 0 Å². The van der Waals surface area contributed by atoms with Crippen LogP contribution in [0, 0.1) is 17.0 Å². The first-order valence-electron chi connectivity index (χ1n) is 9.46. The highest BCUT2D eigenvalue weighted by molar-refractivity contribution is 5.65. The second kappa shape index (κ2) is 7.94. The maximum absolute atomic E-state index is 12.8. The fourth-order valence-corrected chi connectivity index (χ4v) is 2.93. The molecular formula is C21H23N5O4. The molecule has 0 fully saturated rings. The summed E-state index contributed by atoms with van der Waals surface area (Å²) >= 11 is 0. The molecule has 0 aliphatic rings. The zero-order valence-electron chi connectivity index (χ0n) is 17.2. The number of nitro groups is 1. The lowest BCUT2D eigenvalue weighted by Gasteiger charge is -2.23. The van der Waals surface area contributed by atoms with Crippen molar-refractivity contribution in [3.05, 3.63) is 74.2 Å². The molecule has 0 aliphatic carbocycles. The maximum Gasteiger partial charge on any atom is 0.313 e. The highest BCUT2D eigenvalue weighted by atomic mass is 16.6. The minimum Gasteiger partial charge on any atom is -0.501 e. The van der Waals surface area contributed by atoms with Crippen molar-refractivity contribution in [2.24, 2.45) is 10.2 Å². The van der Waals surface area contributed by atoms with E-state index in [9.17, 15) is 20.0 Å². The van der Waals surface area contributed by atoms with Crippen LogP contribution in [0.4, 0.5) is 17.1 Å². The molecule has 0 spiro atoms. The number of nitro benzene ring substituents is 1. The molecule has 1 aromatic heterocycles. The van der Waals surface area contributed by atoms with Gasteiger partial charge in [-0.25, -0.2) is 4.68 Å². The molecule has 0 radical (unpaired) electrons. The second-order valence-electron chi connectivity index (χ2n) is 7.62. The van der Waals surface area contributed by atoms with Crippen molar-refractivity contribution >= 4 is 17.1 Å². The average Bonchev–Trinajstić information content (AvgIpc) is 3.01. The number of rotatable bonds is 6. The molecule has 2 aromatic carbocycles. The van der Waals surface area contributed by atoms with Gasteiger partial charge in [0.1, 0.15) is 5.69 Å². The van der Waals surface area contributed by atoms with Crippen molar-refractivity contribution < 1.29 is 10.0 Å². The monoisotopic (exact) mass is 409 g/mol. The largest absolute Gasteiger partial charge is 0.501 e. The van der Waals surface area contributed by atoms with E-state index >= 15 is 0 Å². The highest BCUT2D eigenvalue weighted by Gasteiger charge is 2.26. The molecule has 3 rings (SSSR count). The van der Waals surface area contributed by atoms with E-state index in [0.717, 1.165) is 6.42 Å². The van der Waals surface area contributed by atoms with E-state index in [4.69, 9.17) is 0 Å². The SMILES string of the molecule is CCC(C)(C)c1cc(N=Nc2c(C)[nH]n(-c3ccccc3)c2=O)c(O)c([N+](=O)[O-])c1. The predicted octanol–water partition coefficient (Wildman–Crippen LogP) is 5.19. The number of benzene rings is 2. The second-order valence-corrected chi connectivity index (χ2v) is 7.62. The van der Waals surface area contributed by atoms with Crippen molar-refractivity contribution in [3.63, 3.8) is 0 Å². The van der Waals surface area contributed by atoms with Gasteiger partial charge in [-0.15, -0.1) is 10.2 Å². The third-order valence-electron chi connectivity index (χ3n) is 5.24. The van der Waals surface area contributed by atoms with Gasteiger partial charge >= 0.3 is 5.69 Å². The smallest absolute Gasteiger partial charge is 0.313 e. The summed E-state index contributed by atoms with van der Waals surface area (Å²) in [5.74, 6) is -0.587. The minimum absolute atomic E-state index is 0.0565. The lowest BCUT2D eigenvalue weighted by Crippen LogP contribution is -2.15. The first-order valence-corrected chi connectivity index (χ1v) is 9.46. The summed E-state index contributed by atoms with van der Waals surface area (Å²) < 4.78 is 1.34. The number of nitrogens with one attached hydrogen (secondary N) is 1. The highest BCUT2D eigenvalue weighted by Crippen LogP contribution is 2.41. The average molecular weight is 409 g/mol. The van der Waals surface area contributed by atoms with Gasteiger partial charge in [0.2, 0.25) is 5.75 Å². The number of phenols is 1. The normalized spacial score (nSPS) is 11.9. The van der Waals surface area contributed by atoms with Gasteiger partial charge in [-0.2, -0.15) is 0 Å². The molecule has 2 N–H and O–H groups in total. The van der Waals surface area contributed by atoms with Crippen LogP contribution in [-0.2, 0) is 5.41 Å². The molecule has 156 valence electrons. The zero-order chi connectivity index (χ0) is 22.1. The molecule has 30 heavy (non-hydrogen) atoms. The number of aryl methyl sites for hydroxylation is 1. The van der Waals surface area contributed by atoms with Crippen LogP contribution < -0.4 is 5.56 Å². The summed E-state index contributed by atoms with van der Waals surface area (Å²) in [6.45, 7) is 7.53. The van der Waals surface area contributed by atoms with Crippen molar-refractivity contribution in [2.75, 3.05) is 0 Å². The maximum atomic E-state index is 12.8. The Bertz CT molecular complexity index is 1180. The number of aromatic amines is 1. The van der Waals surface area contributed by atoms with E-state index in [1.807, 2.05) is 26.8 Å². The molecule has 1 heterocycles.